The topological polar surface area (TPSA) is 54.2 Å². The zero-order valence-electron chi connectivity index (χ0n) is 15.2. The first-order valence-electron chi connectivity index (χ1n) is 8.81. The second kappa shape index (κ2) is 9.22. The lowest BCUT2D eigenvalue weighted by molar-refractivity contribution is 0.739. The van der Waals surface area contributed by atoms with E-state index >= 15 is 0 Å². The van der Waals surface area contributed by atoms with Gasteiger partial charge in [0.1, 0.15) is 0 Å². The molecule has 0 saturated heterocycles. The highest BCUT2D eigenvalue weighted by Gasteiger charge is 2.21. The highest BCUT2D eigenvalue weighted by atomic mass is 127. The molecule has 1 saturated carbocycles. The normalized spacial score (nSPS) is 14.1. The van der Waals surface area contributed by atoms with Crippen molar-refractivity contribution in [1.82, 2.24) is 20.4 Å². The van der Waals surface area contributed by atoms with Crippen molar-refractivity contribution < 1.29 is 0 Å². The lowest BCUT2D eigenvalue weighted by Crippen LogP contribution is -2.38. The average Bonchev–Trinajstić information content (AvgIpc) is 3.38. The molecular formula is C19H28IN5. The Morgan fingerprint density at radius 3 is 2.56 bits per heavy atom. The van der Waals surface area contributed by atoms with E-state index in [0.29, 0.717) is 6.54 Å². The number of aryl methyl sites for hydroxylation is 1. The molecule has 2 N–H and O–H groups in total. The minimum atomic E-state index is 0. The van der Waals surface area contributed by atoms with E-state index in [1.54, 1.807) is 0 Å². The van der Waals surface area contributed by atoms with Crippen LogP contribution in [0.15, 0.2) is 35.3 Å². The van der Waals surface area contributed by atoms with Crippen molar-refractivity contribution >= 4 is 29.9 Å². The summed E-state index contributed by atoms with van der Waals surface area (Å²) in [4.78, 5) is 4.75. The summed E-state index contributed by atoms with van der Waals surface area (Å²) in [6.07, 6.45) is 2.68. The largest absolute Gasteiger partial charge is 0.357 e. The molecule has 0 unspecified atom stereocenters. The summed E-state index contributed by atoms with van der Waals surface area (Å²) in [6.45, 7) is 8.80. The third kappa shape index (κ3) is 5.20. The van der Waals surface area contributed by atoms with Gasteiger partial charge in [0.15, 0.2) is 5.96 Å². The van der Waals surface area contributed by atoms with Crippen LogP contribution in [0.5, 0.6) is 0 Å². The first kappa shape index (κ1) is 19.8. The molecular weight excluding hydrogens is 425 g/mol. The molecule has 0 amide bonds. The standard InChI is InChI=1S/C19H27N5.HI/c1-4-20-19(21-12-16-10-11-16)22-13-18-14(2)23-24(15(18)3)17-8-6-5-7-9-17;/h5-9,16H,4,10-13H2,1-3H3,(H2,20,21,22);1H. The van der Waals surface area contributed by atoms with Crippen LogP contribution >= 0.6 is 24.0 Å². The minimum Gasteiger partial charge on any atom is -0.357 e. The van der Waals surface area contributed by atoms with E-state index < -0.39 is 0 Å². The van der Waals surface area contributed by atoms with Gasteiger partial charge in [-0.05, 0) is 51.7 Å². The Balaban J connectivity index is 0.00000225. The Hall–Kier alpha value is -1.57. The van der Waals surface area contributed by atoms with Gasteiger partial charge in [-0.15, -0.1) is 24.0 Å². The van der Waals surface area contributed by atoms with Crippen LogP contribution in [-0.4, -0.2) is 28.8 Å². The Morgan fingerprint density at radius 1 is 1.20 bits per heavy atom. The van der Waals surface area contributed by atoms with Gasteiger partial charge in [0.2, 0.25) is 0 Å². The van der Waals surface area contributed by atoms with Gasteiger partial charge in [-0.25, -0.2) is 9.67 Å². The number of hydrogen-bond donors (Lipinski definition) is 2. The maximum atomic E-state index is 4.75. The molecule has 0 bridgehead atoms. The van der Waals surface area contributed by atoms with Crippen LogP contribution in [-0.2, 0) is 6.54 Å². The lowest BCUT2D eigenvalue weighted by Gasteiger charge is -2.11. The van der Waals surface area contributed by atoms with E-state index in [2.05, 4.69) is 43.5 Å². The summed E-state index contributed by atoms with van der Waals surface area (Å²) in [6, 6.07) is 10.2. The molecule has 0 aliphatic heterocycles. The molecule has 6 heteroatoms. The van der Waals surface area contributed by atoms with E-state index in [4.69, 9.17) is 10.1 Å². The smallest absolute Gasteiger partial charge is 0.191 e. The van der Waals surface area contributed by atoms with Gasteiger partial charge in [-0.3, -0.25) is 0 Å². The highest BCUT2D eigenvalue weighted by Crippen LogP contribution is 2.27. The number of aromatic nitrogens is 2. The second-order valence-electron chi connectivity index (χ2n) is 6.42. The molecule has 0 spiro atoms. The number of guanidine groups is 1. The van der Waals surface area contributed by atoms with E-state index in [9.17, 15) is 0 Å². The van der Waals surface area contributed by atoms with E-state index in [1.807, 2.05) is 22.9 Å². The molecule has 1 aromatic carbocycles. The third-order valence-electron chi connectivity index (χ3n) is 4.44. The average molecular weight is 453 g/mol. The van der Waals surface area contributed by atoms with Crippen molar-refractivity contribution in [2.24, 2.45) is 10.9 Å². The van der Waals surface area contributed by atoms with Crippen molar-refractivity contribution in [3.8, 4) is 5.69 Å². The molecule has 2 aromatic rings. The van der Waals surface area contributed by atoms with Crippen molar-refractivity contribution in [3.05, 3.63) is 47.3 Å². The fourth-order valence-electron chi connectivity index (χ4n) is 2.79. The Morgan fingerprint density at radius 2 is 1.92 bits per heavy atom. The molecule has 1 aliphatic rings. The minimum absolute atomic E-state index is 0. The van der Waals surface area contributed by atoms with E-state index in [-0.39, 0.29) is 24.0 Å². The third-order valence-corrected chi connectivity index (χ3v) is 4.44. The van der Waals surface area contributed by atoms with Crippen LogP contribution in [0, 0.1) is 19.8 Å². The van der Waals surface area contributed by atoms with Crippen molar-refractivity contribution in [2.45, 2.75) is 40.2 Å². The number of hydrogen-bond acceptors (Lipinski definition) is 2. The Kier molecular flexibility index (Phi) is 7.28. The summed E-state index contributed by atoms with van der Waals surface area (Å²) in [5.41, 5.74) is 4.48. The van der Waals surface area contributed by atoms with E-state index in [0.717, 1.165) is 42.0 Å². The first-order chi connectivity index (χ1) is 11.7. The number of nitrogens with zero attached hydrogens (tertiary/aromatic N) is 3. The van der Waals surface area contributed by atoms with Crippen LogP contribution in [0.1, 0.15) is 36.7 Å². The molecule has 0 radical (unpaired) electrons. The second-order valence-corrected chi connectivity index (χ2v) is 6.42. The molecule has 25 heavy (non-hydrogen) atoms. The fourth-order valence-corrected chi connectivity index (χ4v) is 2.79. The summed E-state index contributed by atoms with van der Waals surface area (Å²) in [5, 5.41) is 11.5. The van der Waals surface area contributed by atoms with Crippen LogP contribution in [0.2, 0.25) is 0 Å². The quantitative estimate of drug-likeness (QED) is 0.400. The number of para-hydroxylation sites is 1. The van der Waals surface area contributed by atoms with E-state index in [1.165, 1.54) is 18.4 Å². The van der Waals surface area contributed by atoms with Gasteiger partial charge in [-0.1, -0.05) is 18.2 Å². The maximum absolute atomic E-state index is 4.75. The zero-order valence-corrected chi connectivity index (χ0v) is 17.6. The van der Waals surface area contributed by atoms with Gasteiger partial charge in [0.25, 0.3) is 0 Å². The number of halogens is 1. The predicted octanol–water partition coefficient (Wildman–Crippen LogP) is 3.57. The molecule has 136 valence electrons. The zero-order chi connectivity index (χ0) is 16.9. The number of aliphatic imine (C=N–C) groups is 1. The first-order valence-corrected chi connectivity index (χ1v) is 8.81. The SMILES string of the molecule is CCNC(=NCc1c(C)nn(-c2ccccc2)c1C)NCC1CC1.I. The molecule has 0 atom stereocenters. The summed E-state index contributed by atoms with van der Waals surface area (Å²) < 4.78 is 2.00. The van der Waals surface area contributed by atoms with Crippen LogP contribution in [0.4, 0.5) is 0 Å². The number of rotatable bonds is 6. The molecule has 1 fully saturated rings. The van der Waals surface area contributed by atoms with Crippen LogP contribution in [0.25, 0.3) is 5.69 Å². The van der Waals surface area contributed by atoms with Crippen LogP contribution in [0.3, 0.4) is 0 Å². The summed E-state index contributed by atoms with van der Waals surface area (Å²) in [7, 11) is 0. The van der Waals surface area contributed by atoms with Gasteiger partial charge in [-0.2, -0.15) is 5.10 Å². The van der Waals surface area contributed by atoms with Gasteiger partial charge in [0.05, 0.1) is 17.9 Å². The Labute approximate surface area is 167 Å². The number of benzene rings is 1. The summed E-state index contributed by atoms with van der Waals surface area (Å²) >= 11 is 0. The maximum Gasteiger partial charge on any atom is 0.191 e. The van der Waals surface area contributed by atoms with Crippen LogP contribution < -0.4 is 10.6 Å². The van der Waals surface area contributed by atoms with Gasteiger partial charge in [0, 0.05) is 24.3 Å². The lowest BCUT2D eigenvalue weighted by atomic mass is 10.2. The molecule has 1 aromatic heterocycles. The molecule has 1 aliphatic carbocycles. The van der Waals surface area contributed by atoms with Crippen molar-refractivity contribution in [2.75, 3.05) is 13.1 Å². The predicted molar refractivity (Wildman–Crippen MR) is 114 cm³/mol. The van der Waals surface area contributed by atoms with Gasteiger partial charge >= 0.3 is 0 Å². The molecule has 1 heterocycles. The molecule has 5 nitrogen and oxygen atoms in total. The monoisotopic (exact) mass is 453 g/mol. The van der Waals surface area contributed by atoms with Crippen molar-refractivity contribution in [1.29, 1.82) is 0 Å². The summed E-state index contributed by atoms with van der Waals surface area (Å²) in [5.74, 6) is 1.73. The van der Waals surface area contributed by atoms with Crippen molar-refractivity contribution in [3.63, 3.8) is 0 Å². The molecule has 3 rings (SSSR count). The highest BCUT2D eigenvalue weighted by molar-refractivity contribution is 14.0. The number of nitrogens with one attached hydrogen (secondary N) is 2. The van der Waals surface area contributed by atoms with Gasteiger partial charge < -0.3 is 10.6 Å². The Bertz CT molecular complexity index is 704. The fraction of sp³-hybridized carbons (Fsp3) is 0.474.